The minimum Gasteiger partial charge on any atom is -0.356 e. The van der Waals surface area contributed by atoms with E-state index in [-0.39, 0.29) is 18.4 Å². The molecule has 3 rings (SSSR count). The lowest BCUT2D eigenvalue weighted by Crippen LogP contribution is -2.24. The van der Waals surface area contributed by atoms with E-state index in [4.69, 9.17) is 4.98 Å². The van der Waals surface area contributed by atoms with E-state index >= 15 is 0 Å². The summed E-state index contributed by atoms with van der Waals surface area (Å²) in [6.45, 7) is 6.72. The second-order valence-corrected chi connectivity index (χ2v) is 7.26. The highest BCUT2D eigenvalue weighted by Gasteiger charge is 2.14. The van der Waals surface area contributed by atoms with Gasteiger partial charge in [-0.05, 0) is 55.7 Å². The van der Waals surface area contributed by atoms with Gasteiger partial charge in [-0.15, -0.1) is 0 Å². The van der Waals surface area contributed by atoms with Gasteiger partial charge in [0.05, 0.1) is 11.0 Å². The zero-order valence-electron chi connectivity index (χ0n) is 17.3. The molecule has 0 atom stereocenters. The summed E-state index contributed by atoms with van der Waals surface area (Å²) in [5, 5.41) is 5.87. The van der Waals surface area contributed by atoms with Crippen LogP contribution in [0, 0.1) is 13.8 Å². The van der Waals surface area contributed by atoms with Gasteiger partial charge in [-0.25, -0.2) is 4.98 Å². The van der Waals surface area contributed by atoms with Gasteiger partial charge in [-0.2, -0.15) is 0 Å². The van der Waals surface area contributed by atoms with Gasteiger partial charge in [0.2, 0.25) is 11.8 Å². The molecule has 0 saturated carbocycles. The van der Waals surface area contributed by atoms with Crippen molar-refractivity contribution in [3.05, 3.63) is 59.4 Å². The molecule has 0 radical (unpaired) electrons. The van der Waals surface area contributed by atoms with Crippen molar-refractivity contribution in [2.24, 2.45) is 0 Å². The van der Waals surface area contributed by atoms with Crippen molar-refractivity contribution in [2.45, 2.75) is 46.6 Å². The number of carbonyl (C=O) groups excluding carboxylic acids is 2. The van der Waals surface area contributed by atoms with Gasteiger partial charge >= 0.3 is 0 Å². The third-order valence-electron chi connectivity index (χ3n) is 5.05. The molecule has 1 heterocycles. The number of amides is 2. The molecule has 0 aliphatic carbocycles. The van der Waals surface area contributed by atoms with Crippen LogP contribution in [0.1, 0.15) is 36.7 Å². The highest BCUT2D eigenvalue weighted by atomic mass is 16.2. The summed E-state index contributed by atoms with van der Waals surface area (Å²) < 4.78 is 1.97. The summed E-state index contributed by atoms with van der Waals surface area (Å²) in [4.78, 5) is 28.8. The van der Waals surface area contributed by atoms with Crippen LogP contribution in [-0.2, 0) is 22.6 Å². The summed E-state index contributed by atoms with van der Waals surface area (Å²) in [5.74, 6) is 0.815. The molecule has 0 saturated heterocycles. The van der Waals surface area contributed by atoms with Crippen molar-refractivity contribution < 1.29 is 9.59 Å². The lowest BCUT2D eigenvalue weighted by atomic mass is 10.1. The molecule has 29 heavy (non-hydrogen) atoms. The van der Waals surface area contributed by atoms with Gasteiger partial charge < -0.3 is 15.2 Å². The summed E-state index contributed by atoms with van der Waals surface area (Å²) in [7, 11) is 0. The Hall–Kier alpha value is -3.15. The van der Waals surface area contributed by atoms with Crippen LogP contribution >= 0.6 is 0 Å². The van der Waals surface area contributed by atoms with Crippen molar-refractivity contribution in [3.8, 4) is 0 Å². The third kappa shape index (κ3) is 5.22. The zero-order valence-corrected chi connectivity index (χ0v) is 17.3. The highest BCUT2D eigenvalue weighted by Crippen LogP contribution is 2.18. The summed E-state index contributed by atoms with van der Waals surface area (Å²) in [6, 6.07) is 13.7. The highest BCUT2D eigenvalue weighted by molar-refractivity contribution is 5.91. The Labute approximate surface area is 171 Å². The number of carbonyl (C=O) groups is 2. The Morgan fingerprint density at radius 2 is 1.83 bits per heavy atom. The van der Waals surface area contributed by atoms with E-state index in [0.717, 1.165) is 34.5 Å². The number of nitrogens with zero attached hydrogens (tertiary/aromatic N) is 2. The van der Waals surface area contributed by atoms with Crippen molar-refractivity contribution >= 4 is 28.5 Å². The fourth-order valence-electron chi connectivity index (χ4n) is 3.26. The number of anilines is 1. The minimum atomic E-state index is -0.0862. The Morgan fingerprint density at radius 3 is 2.59 bits per heavy atom. The van der Waals surface area contributed by atoms with Gasteiger partial charge in [0.1, 0.15) is 12.4 Å². The average Bonchev–Trinajstić information content (AvgIpc) is 3.05. The number of imidazole rings is 1. The molecule has 0 spiro atoms. The first-order valence-electron chi connectivity index (χ1n) is 10.1. The fraction of sp³-hybridized carbons (Fsp3) is 0.348. The molecule has 2 N–H and O–H groups in total. The molecular formula is C23H28N4O2. The van der Waals surface area contributed by atoms with E-state index in [1.807, 2.05) is 67.8 Å². The van der Waals surface area contributed by atoms with E-state index in [0.29, 0.717) is 19.4 Å². The van der Waals surface area contributed by atoms with Crippen LogP contribution in [-0.4, -0.2) is 27.9 Å². The summed E-state index contributed by atoms with van der Waals surface area (Å²) in [5.41, 5.74) is 4.95. The van der Waals surface area contributed by atoms with E-state index in [1.165, 1.54) is 5.56 Å². The summed E-state index contributed by atoms with van der Waals surface area (Å²) in [6.07, 6.45) is 1.95. The number of hydrogen-bond acceptors (Lipinski definition) is 3. The molecule has 1 aromatic heterocycles. The van der Waals surface area contributed by atoms with Crippen LogP contribution in [0.5, 0.6) is 0 Å². The van der Waals surface area contributed by atoms with Crippen LogP contribution in [0.25, 0.3) is 11.0 Å². The molecule has 6 heteroatoms. The van der Waals surface area contributed by atoms with Crippen LogP contribution in [0.3, 0.4) is 0 Å². The average molecular weight is 393 g/mol. The quantitative estimate of drug-likeness (QED) is 0.573. The molecule has 3 aromatic rings. The van der Waals surface area contributed by atoms with E-state index < -0.39 is 0 Å². The lowest BCUT2D eigenvalue weighted by molar-refractivity contribution is -0.120. The number of hydrogen-bond donors (Lipinski definition) is 2. The number of para-hydroxylation sites is 2. The first-order chi connectivity index (χ1) is 14.0. The van der Waals surface area contributed by atoms with Gasteiger partial charge in [-0.3, -0.25) is 9.59 Å². The summed E-state index contributed by atoms with van der Waals surface area (Å²) >= 11 is 0. The molecule has 152 valence electrons. The molecule has 0 fully saturated rings. The number of aromatic nitrogens is 2. The van der Waals surface area contributed by atoms with E-state index in [2.05, 4.69) is 10.6 Å². The first-order valence-corrected chi connectivity index (χ1v) is 10.1. The van der Waals surface area contributed by atoms with Crippen molar-refractivity contribution in [2.75, 3.05) is 11.9 Å². The van der Waals surface area contributed by atoms with Gasteiger partial charge in [-0.1, -0.05) is 25.1 Å². The van der Waals surface area contributed by atoms with Crippen LogP contribution < -0.4 is 10.6 Å². The number of nitrogens with one attached hydrogen (secondary N) is 2. The maximum atomic E-state index is 12.7. The topological polar surface area (TPSA) is 76.0 Å². The smallest absolute Gasteiger partial charge is 0.244 e. The number of fused-ring (bicyclic) bond motifs is 1. The Morgan fingerprint density at radius 1 is 1.03 bits per heavy atom. The molecule has 2 amide bonds. The van der Waals surface area contributed by atoms with E-state index in [9.17, 15) is 9.59 Å². The number of benzene rings is 2. The molecule has 0 aliphatic heterocycles. The standard InChI is InChI=1S/C23H28N4O2/c1-4-22(28)24-13-7-10-21-26-19-8-5-6-9-20(19)27(21)15-23(29)25-18-12-11-16(2)17(3)14-18/h5-6,8-9,11-12,14H,4,7,10,13,15H2,1-3H3,(H,24,28)(H,25,29). The van der Waals surface area contributed by atoms with Crippen molar-refractivity contribution in [1.29, 1.82) is 0 Å². The Balaban J connectivity index is 1.73. The first kappa shape index (κ1) is 20.6. The van der Waals surface area contributed by atoms with Crippen molar-refractivity contribution in [1.82, 2.24) is 14.9 Å². The SMILES string of the molecule is CCC(=O)NCCCc1nc2ccccc2n1CC(=O)Nc1ccc(C)c(C)c1. The maximum absolute atomic E-state index is 12.7. The Bertz CT molecular complexity index is 1020. The normalized spacial score (nSPS) is 10.9. The molecule has 6 nitrogen and oxygen atoms in total. The predicted octanol–water partition coefficient (Wildman–Crippen LogP) is 3.75. The lowest BCUT2D eigenvalue weighted by Gasteiger charge is -2.11. The molecule has 0 bridgehead atoms. The Kier molecular flexibility index (Phi) is 6.65. The third-order valence-corrected chi connectivity index (χ3v) is 5.05. The van der Waals surface area contributed by atoms with Crippen molar-refractivity contribution in [3.63, 3.8) is 0 Å². The fourth-order valence-corrected chi connectivity index (χ4v) is 3.26. The monoisotopic (exact) mass is 392 g/mol. The minimum absolute atomic E-state index is 0.0475. The predicted molar refractivity (Wildman–Crippen MR) is 116 cm³/mol. The number of rotatable bonds is 8. The zero-order chi connectivity index (χ0) is 20.8. The molecule has 2 aromatic carbocycles. The maximum Gasteiger partial charge on any atom is 0.244 e. The molecule has 0 aliphatic rings. The molecular weight excluding hydrogens is 364 g/mol. The second-order valence-electron chi connectivity index (χ2n) is 7.26. The van der Waals surface area contributed by atoms with Crippen LogP contribution in [0.2, 0.25) is 0 Å². The van der Waals surface area contributed by atoms with Crippen LogP contribution in [0.15, 0.2) is 42.5 Å². The second kappa shape index (κ2) is 9.37. The van der Waals surface area contributed by atoms with Gasteiger partial charge in [0, 0.05) is 25.1 Å². The molecule has 0 unspecified atom stereocenters. The number of aryl methyl sites for hydroxylation is 3. The van der Waals surface area contributed by atoms with E-state index in [1.54, 1.807) is 0 Å². The van der Waals surface area contributed by atoms with Crippen LogP contribution in [0.4, 0.5) is 5.69 Å². The van der Waals surface area contributed by atoms with Gasteiger partial charge in [0.15, 0.2) is 0 Å². The van der Waals surface area contributed by atoms with Gasteiger partial charge in [0.25, 0.3) is 0 Å². The largest absolute Gasteiger partial charge is 0.356 e.